The van der Waals surface area contributed by atoms with E-state index in [1.807, 2.05) is 0 Å². The molecule has 0 aromatic heterocycles. The highest BCUT2D eigenvalue weighted by molar-refractivity contribution is 5.71. The van der Waals surface area contributed by atoms with Gasteiger partial charge in [-0.15, -0.1) is 0 Å². The molecule has 0 radical (unpaired) electrons. The van der Waals surface area contributed by atoms with Crippen LogP contribution in [0.4, 0.5) is 0 Å². The first-order valence-electron chi connectivity index (χ1n) is 27.7. The average Bonchev–Trinajstić information content (AvgIpc) is 3.33. The minimum atomic E-state index is -0.807. The van der Waals surface area contributed by atoms with Crippen molar-refractivity contribution in [2.24, 2.45) is 0 Å². The summed E-state index contributed by atoms with van der Waals surface area (Å²) in [6.07, 6.45) is 72.4. The minimum Gasteiger partial charge on any atom is -0.462 e. The number of allylic oxidation sites excluding steroid dienone is 16. The molecule has 6 heteroatoms. The van der Waals surface area contributed by atoms with Gasteiger partial charge in [0, 0.05) is 19.3 Å². The van der Waals surface area contributed by atoms with Crippen LogP contribution in [0, 0.1) is 0 Å². The van der Waals surface area contributed by atoms with E-state index in [0.29, 0.717) is 12.8 Å². The molecule has 0 amide bonds. The molecule has 0 saturated heterocycles. The standard InChI is InChI=1S/C61H102O6/c1-4-7-10-13-16-19-22-25-28-29-30-31-34-37-40-43-46-49-52-55-61(64)67-58(56-65-59(62)53-50-47-44-41-38-35-32-26-23-20-17-14-11-8-5-2)57-66-60(63)54-51-48-45-42-39-36-33-27-24-21-18-15-12-9-6-3/h16-21,25-28,30-33,37,40,58H,4-15,22-24,29,34-36,38-39,41-57H2,1-3H3/b19-16-,20-17-,21-18-,28-25-,31-30-,32-26-,33-27-,40-37-. The summed E-state index contributed by atoms with van der Waals surface area (Å²) in [4.78, 5) is 38.1. The lowest BCUT2D eigenvalue weighted by atomic mass is 10.1. The fourth-order valence-electron chi connectivity index (χ4n) is 7.31. The molecule has 67 heavy (non-hydrogen) atoms. The summed E-state index contributed by atoms with van der Waals surface area (Å²) < 4.78 is 16.8. The lowest BCUT2D eigenvalue weighted by molar-refractivity contribution is -0.167. The molecule has 382 valence electrons. The van der Waals surface area contributed by atoms with Crippen LogP contribution in [-0.2, 0) is 28.6 Å². The molecule has 0 aliphatic carbocycles. The van der Waals surface area contributed by atoms with Crippen LogP contribution in [0.3, 0.4) is 0 Å². The molecule has 0 rings (SSSR count). The van der Waals surface area contributed by atoms with Crippen LogP contribution in [0.1, 0.15) is 252 Å². The zero-order valence-electron chi connectivity index (χ0n) is 43.6. The van der Waals surface area contributed by atoms with Gasteiger partial charge < -0.3 is 14.2 Å². The van der Waals surface area contributed by atoms with Gasteiger partial charge in [0.2, 0.25) is 0 Å². The predicted octanol–water partition coefficient (Wildman–Crippen LogP) is 18.5. The molecule has 0 aliphatic heterocycles. The number of unbranched alkanes of at least 4 members (excludes halogenated alkanes) is 22. The lowest BCUT2D eigenvalue weighted by Gasteiger charge is -2.18. The molecule has 0 heterocycles. The van der Waals surface area contributed by atoms with Crippen molar-refractivity contribution in [3.8, 4) is 0 Å². The topological polar surface area (TPSA) is 78.9 Å². The molecule has 0 aromatic rings. The Morgan fingerprint density at radius 3 is 0.851 bits per heavy atom. The van der Waals surface area contributed by atoms with Crippen molar-refractivity contribution >= 4 is 17.9 Å². The molecule has 0 aliphatic rings. The Balaban J connectivity index is 4.51. The van der Waals surface area contributed by atoms with Crippen LogP contribution >= 0.6 is 0 Å². The second-order valence-electron chi connectivity index (χ2n) is 18.1. The summed E-state index contributed by atoms with van der Waals surface area (Å²) in [7, 11) is 0. The van der Waals surface area contributed by atoms with E-state index in [2.05, 4.69) is 118 Å². The van der Waals surface area contributed by atoms with E-state index in [-0.39, 0.29) is 37.5 Å². The van der Waals surface area contributed by atoms with Crippen LogP contribution in [-0.4, -0.2) is 37.2 Å². The summed E-state index contributed by atoms with van der Waals surface area (Å²) in [5, 5.41) is 0. The Morgan fingerprint density at radius 2 is 0.537 bits per heavy atom. The summed E-state index contributed by atoms with van der Waals surface area (Å²) in [6.45, 7) is 6.51. The van der Waals surface area contributed by atoms with Gasteiger partial charge in [-0.2, -0.15) is 0 Å². The Labute approximate surface area is 413 Å². The Hall–Kier alpha value is -3.67. The maximum Gasteiger partial charge on any atom is 0.306 e. The highest BCUT2D eigenvalue weighted by Crippen LogP contribution is 2.13. The maximum atomic E-state index is 12.8. The summed E-state index contributed by atoms with van der Waals surface area (Å²) in [5.74, 6) is -0.961. The molecule has 0 atom stereocenters. The van der Waals surface area contributed by atoms with E-state index >= 15 is 0 Å². The first kappa shape index (κ1) is 63.3. The zero-order valence-corrected chi connectivity index (χ0v) is 43.6. The van der Waals surface area contributed by atoms with Crippen LogP contribution in [0.25, 0.3) is 0 Å². The van der Waals surface area contributed by atoms with Gasteiger partial charge in [0.05, 0.1) is 0 Å². The quantitative estimate of drug-likeness (QED) is 0.0262. The van der Waals surface area contributed by atoms with Gasteiger partial charge in [-0.25, -0.2) is 0 Å². The lowest BCUT2D eigenvalue weighted by Crippen LogP contribution is -2.30. The molecule has 6 nitrogen and oxygen atoms in total. The van der Waals surface area contributed by atoms with Crippen LogP contribution in [0.2, 0.25) is 0 Å². The summed E-state index contributed by atoms with van der Waals surface area (Å²) in [6, 6.07) is 0. The molecule has 0 bridgehead atoms. The maximum absolute atomic E-state index is 12.8. The van der Waals surface area contributed by atoms with Crippen LogP contribution in [0.5, 0.6) is 0 Å². The van der Waals surface area contributed by atoms with E-state index < -0.39 is 6.10 Å². The van der Waals surface area contributed by atoms with Gasteiger partial charge in [-0.1, -0.05) is 201 Å². The fraction of sp³-hybridized carbons (Fsp3) is 0.689. The van der Waals surface area contributed by atoms with E-state index in [9.17, 15) is 14.4 Å². The Bertz CT molecular complexity index is 1280. The van der Waals surface area contributed by atoms with E-state index in [4.69, 9.17) is 14.2 Å². The summed E-state index contributed by atoms with van der Waals surface area (Å²) >= 11 is 0. The number of carbonyl (C=O) groups excluding carboxylic acids is 3. The third kappa shape index (κ3) is 53.2. The minimum absolute atomic E-state index is 0.103. The van der Waals surface area contributed by atoms with Crippen LogP contribution in [0.15, 0.2) is 97.2 Å². The van der Waals surface area contributed by atoms with Gasteiger partial charge >= 0.3 is 17.9 Å². The largest absolute Gasteiger partial charge is 0.462 e. The fourth-order valence-corrected chi connectivity index (χ4v) is 7.31. The zero-order chi connectivity index (χ0) is 48.6. The smallest absolute Gasteiger partial charge is 0.306 e. The highest BCUT2D eigenvalue weighted by Gasteiger charge is 2.19. The molecule has 0 N–H and O–H groups in total. The van der Waals surface area contributed by atoms with Crippen molar-refractivity contribution in [2.45, 2.75) is 258 Å². The number of esters is 3. The molecule has 0 saturated carbocycles. The van der Waals surface area contributed by atoms with E-state index in [0.717, 1.165) is 135 Å². The van der Waals surface area contributed by atoms with Gasteiger partial charge in [-0.3, -0.25) is 14.4 Å². The van der Waals surface area contributed by atoms with E-state index in [1.54, 1.807) is 0 Å². The highest BCUT2D eigenvalue weighted by atomic mass is 16.6. The average molecular weight is 931 g/mol. The van der Waals surface area contributed by atoms with Gasteiger partial charge in [0.15, 0.2) is 6.10 Å². The molecular formula is C61H102O6. The normalized spacial score (nSPS) is 12.4. The first-order chi connectivity index (χ1) is 33.0. The Morgan fingerprint density at radius 1 is 0.299 bits per heavy atom. The molecule has 0 fully saturated rings. The third-order valence-electron chi connectivity index (χ3n) is 11.5. The summed E-state index contributed by atoms with van der Waals surface area (Å²) in [5.41, 5.74) is 0. The second-order valence-corrected chi connectivity index (χ2v) is 18.1. The molecule has 0 spiro atoms. The molecule has 0 aromatic carbocycles. The molecular weight excluding hydrogens is 829 g/mol. The number of ether oxygens (including phenoxy) is 3. The van der Waals surface area contributed by atoms with Crippen molar-refractivity contribution in [2.75, 3.05) is 13.2 Å². The SMILES string of the molecule is CCCCC/C=C\C/C=C\C/C=C\C/C=C\CCCCCC(=O)OC(COC(=O)CCCCCCC/C=C\C/C=C\CCCCC)COC(=O)CCCCCCC/C=C\C/C=C\CCCCC. The number of hydrogen-bond acceptors (Lipinski definition) is 6. The van der Waals surface area contributed by atoms with Crippen molar-refractivity contribution in [1.29, 1.82) is 0 Å². The van der Waals surface area contributed by atoms with Gasteiger partial charge in [-0.05, 0) is 128 Å². The van der Waals surface area contributed by atoms with Gasteiger partial charge in [0.25, 0.3) is 0 Å². The predicted molar refractivity (Wildman–Crippen MR) is 288 cm³/mol. The van der Waals surface area contributed by atoms with Crippen molar-refractivity contribution in [3.63, 3.8) is 0 Å². The Kier molecular flexibility index (Phi) is 51.9. The van der Waals surface area contributed by atoms with Gasteiger partial charge in [0.1, 0.15) is 13.2 Å². The first-order valence-corrected chi connectivity index (χ1v) is 27.7. The number of hydrogen-bond donors (Lipinski definition) is 0. The monoisotopic (exact) mass is 931 g/mol. The number of carbonyl (C=O) groups is 3. The van der Waals surface area contributed by atoms with Crippen LogP contribution < -0.4 is 0 Å². The van der Waals surface area contributed by atoms with E-state index in [1.165, 1.54) is 77.0 Å². The van der Waals surface area contributed by atoms with Crippen molar-refractivity contribution < 1.29 is 28.6 Å². The van der Waals surface area contributed by atoms with Crippen molar-refractivity contribution in [3.05, 3.63) is 97.2 Å². The number of rotatable bonds is 49. The molecule has 0 unspecified atom stereocenters. The van der Waals surface area contributed by atoms with Crippen molar-refractivity contribution in [1.82, 2.24) is 0 Å². The second kappa shape index (κ2) is 54.9. The third-order valence-corrected chi connectivity index (χ3v) is 11.5.